The van der Waals surface area contributed by atoms with Crippen molar-refractivity contribution < 1.29 is 30.0 Å². The Morgan fingerprint density at radius 1 is 0.886 bits per heavy atom. The van der Waals surface area contributed by atoms with Crippen LogP contribution in [0.25, 0.3) is 42.2 Å². The first-order valence-corrected chi connectivity index (χ1v) is 16.1. The molecule has 0 fully saturated rings. The van der Waals surface area contributed by atoms with E-state index >= 15 is 0 Å². The third-order valence-electron chi connectivity index (χ3n) is 7.51. The smallest absolute Gasteiger partial charge is 0.161 e. The number of aliphatic hydroxyl groups is 1. The molecule has 235 valence electrons. The normalized spacial score (nSPS) is 12.5. The predicted molar refractivity (Wildman–Crippen MR) is 186 cm³/mol. The van der Waals surface area contributed by atoms with Crippen LogP contribution in [0.5, 0.6) is 0 Å². The summed E-state index contributed by atoms with van der Waals surface area (Å²) < 4.78 is 2.65. The Morgan fingerprint density at radius 3 is 2.14 bits per heavy atom. The number of aromatic nitrogens is 1. The molecule has 2 aromatic heterocycles. The minimum atomic E-state index is -0.0316. The summed E-state index contributed by atoms with van der Waals surface area (Å²) in [5.41, 5.74) is 5.19. The molecule has 0 amide bonds. The maximum absolute atomic E-state index is 11.0. The van der Waals surface area contributed by atoms with Crippen molar-refractivity contribution in [2.75, 3.05) is 0 Å². The zero-order valence-electron chi connectivity index (χ0n) is 27.8. The van der Waals surface area contributed by atoms with Crippen LogP contribution >= 0.6 is 11.3 Å². The molecule has 0 spiro atoms. The Labute approximate surface area is 281 Å². The first kappa shape index (κ1) is 35.6. The number of hydrogen-bond acceptors (Lipinski definition) is 4. The van der Waals surface area contributed by atoms with E-state index in [1.54, 1.807) is 0 Å². The van der Waals surface area contributed by atoms with Crippen LogP contribution in [-0.2, 0) is 36.7 Å². The molecule has 0 bridgehead atoms. The minimum Gasteiger partial charge on any atom is -0.512 e. The van der Waals surface area contributed by atoms with Crippen molar-refractivity contribution in [2.24, 2.45) is 17.3 Å². The third-order valence-corrected chi connectivity index (χ3v) is 8.81. The monoisotopic (exact) mass is 785 g/mol. The van der Waals surface area contributed by atoms with Gasteiger partial charge >= 0.3 is 0 Å². The molecule has 0 aliphatic heterocycles. The maximum Gasteiger partial charge on any atom is 0.161 e. The molecule has 0 aliphatic carbocycles. The fourth-order valence-corrected chi connectivity index (χ4v) is 6.45. The van der Waals surface area contributed by atoms with Crippen LogP contribution in [0.1, 0.15) is 80.4 Å². The van der Waals surface area contributed by atoms with Gasteiger partial charge in [-0.2, -0.15) is 0 Å². The number of carbonyl (C=O) groups is 1. The van der Waals surface area contributed by atoms with Crippen molar-refractivity contribution >= 4 is 48.1 Å². The van der Waals surface area contributed by atoms with Crippen molar-refractivity contribution in [2.45, 2.75) is 81.1 Å². The van der Waals surface area contributed by atoms with Crippen LogP contribution in [0.15, 0.2) is 72.6 Å². The van der Waals surface area contributed by atoms with Gasteiger partial charge in [-0.05, 0) is 34.3 Å². The number of rotatable bonds is 5. The molecule has 3 aromatic carbocycles. The van der Waals surface area contributed by atoms with E-state index in [1.165, 1.54) is 42.8 Å². The average Bonchev–Trinajstić information content (AvgIpc) is 3.31. The van der Waals surface area contributed by atoms with Crippen molar-refractivity contribution in [3.8, 4) is 11.3 Å². The van der Waals surface area contributed by atoms with E-state index in [0.29, 0.717) is 0 Å². The molecule has 0 atom stereocenters. The summed E-state index contributed by atoms with van der Waals surface area (Å²) >= 11 is 1.89. The molecule has 44 heavy (non-hydrogen) atoms. The van der Waals surface area contributed by atoms with Crippen LogP contribution in [0, 0.1) is 23.3 Å². The molecular formula is C39H46IrNO2S-. The number of benzene rings is 3. The van der Waals surface area contributed by atoms with E-state index in [9.17, 15) is 9.90 Å². The molecule has 0 saturated carbocycles. The molecule has 5 rings (SSSR count). The summed E-state index contributed by atoms with van der Waals surface area (Å²) in [6.07, 6.45) is 4.34. The van der Waals surface area contributed by atoms with Crippen LogP contribution in [0.3, 0.4) is 0 Å². The topological polar surface area (TPSA) is 50.2 Å². The molecule has 1 radical (unpaired) electrons. The number of carbonyl (C=O) groups excluding carboxylic acids is 1. The molecule has 0 unspecified atom stereocenters. The summed E-state index contributed by atoms with van der Waals surface area (Å²) in [7, 11) is 0. The zero-order valence-corrected chi connectivity index (χ0v) is 31.0. The van der Waals surface area contributed by atoms with Gasteiger partial charge in [-0.15, -0.1) is 40.5 Å². The first-order valence-electron chi connectivity index (χ1n) is 15.3. The standard InChI is InChI=1S/C30H30NS.C9H16O2.Ir/c1-29(2,3)18-20-11-9-13-23-24-14-15-31-26(28(24)32-27(20)23)21-16-19-10-7-8-12-22(19)25(17-21)30(4,5)6;1-6(2)8(10)5-9(11)7(3)4;/h7-15,17H,18H2,1-6H3;5-7,10H,1-4H3;/q-1;;/b;8-5-;. The van der Waals surface area contributed by atoms with Crippen molar-refractivity contribution in [3.63, 3.8) is 0 Å². The Bertz CT molecular complexity index is 1800. The van der Waals surface area contributed by atoms with Crippen LogP contribution in [0.4, 0.5) is 0 Å². The van der Waals surface area contributed by atoms with Gasteiger partial charge in [0.2, 0.25) is 0 Å². The Kier molecular flexibility index (Phi) is 11.4. The van der Waals surface area contributed by atoms with E-state index < -0.39 is 0 Å². The average molecular weight is 785 g/mol. The molecule has 5 aromatic rings. The van der Waals surface area contributed by atoms with Crippen LogP contribution in [0.2, 0.25) is 0 Å². The van der Waals surface area contributed by atoms with Gasteiger partial charge in [0.25, 0.3) is 0 Å². The van der Waals surface area contributed by atoms with Gasteiger partial charge < -0.3 is 5.11 Å². The summed E-state index contributed by atoms with van der Waals surface area (Å²) in [5.74, 6) is 0.161. The molecule has 5 heteroatoms. The molecule has 1 N–H and O–H groups in total. The molecule has 0 saturated heterocycles. The van der Waals surface area contributed by atoms with Gasteiger partial charge in [-0.1, -0.05) is 117 Å². The fraction of sp³-hybridized carbons (Fsp3) is 0.385. The quantitative estimate of drug-likeness (QED) is 0.110. The minimum absolute atomic E-state index is 0. The van der Waals surface area contributed by atoms with Gasteiger partial charge in [-0.25, -0.2) is 0 Å². The summed E-state index contributed by atoms with van der Waals surface area (Å²) in [4.78, 5) is 15.9. The second-order valence-electron chi connectivity index (χ2n) is 14.3. The SMILES string of the molecule is CC(C)(C)Cc1cccc2c1sc1c(-c3[c-]c4ccccc4c(C(C)(C)C)c3)nccc12.CC(C)C(=O)/C=C(\O)C(C)C.[Ir]. The van der Waals surface area contributed by atoms with E-state index in [4.69, 9.17) is 4.98 Å². The first-order chi connectivity index (χ1) is 20.1. The fourth-order valence-electron chi connectivity index (χ4n) is 5.14. The summed E-state index contributed by atoms with van der Waals surface area (Å²) in [5, 5.41) is 14.3. The van der Waals surface area contributed by atoms with Crippen molar-refractivity contribution in [3.05, 3.63) is 89.8 Å². The van der Waals surface area contributed by atoms with Gasteiger partial charge in [0.05, 0.1) is 5.76 Å². The van der Waals surface area contributed by atoms with E-state index in [2.05, 4.69) is 102 Å². The predicted octanol–water partition coefficient (Wildman–Crippen LogP) is 11.3. The van der Waals surface area contributed by atoms with E-state index in [1.807, 2.05) is 45.2 Å². The third kappa shape index (κ3) is 8.24. The van der Waals surface area contributed by atoms with Crippen molar-refractivity contribution in [1.29, 1.82) is 0 Å². The van der Waals surface area contributed by atoms with Gasteiger partial charge in [0, 0.05) is 64.7 Å². The van der Waals surface area contributed by atoms with Gasteiger partial charge in [0.1, 0.15) is 0 Å². The largest absolute Gasteiger partial charge is 0.512 e. The van der Waals surface area contributed by atoms with Gasteiger partial charge in [0.15, 0.2) is 5.78 Å². The summed E-state index contributed by atoms with van der Waals surface area (Å²) in [6, 6.07) is 23.5. The number of pyridine rings is 1. The summed E-state index contributed by atoms with van der Waals surface area (Å²) in [6.45, 7) is 21.1. The number of hydrogen-bond donors (Lipinski definition) is 1. The maximum atomic E-state index is 11.0. The molecule has 0 aliphatic rings. The Hall–Kier alpha value is -2.85. The second kappa shape index (κ2) is 14.1. The Morgan fingerprint density at radius 2 is 1.52 bits per heavy atom. The molecular weight excluding hydrogens is 739 g/mol. The number of nitrogens with zero attached hydrogens (tertiary/aromatic N) is 1. The number of thiophene rings is 1. The second-order valence-corrected chi connectivity index (χ2v) is 15.4. The van der Waals surface area contributed by atoms with E-state index in [-0.39, 0.29) is 54.3 Å². The van der Waals surface area contributed by atoms with Gasteiger partial charge in [-0.3, -0.25) is 9.78 Å². The van der Waals surface area contributed by atoms with Crippen LogP contribution in [-0.4, -0.2) is 15.9 Å². The molecule has 2 heterocycles. The number of fused-ring (bicyclic) bond motifs is 4. The molecule has 3 nitrogen and oxygen atoms in total. The van der Waals surface area contributed by atoms with Crippen molar-refractivity contribution in [1.82, 2.24) is 4.98 Å². The van der Waals surface area contributed by atoms with Crippen LogP contribution < -0.4 is 0 Å². The van der Waals surface area contributed by atoms with E-state index in [0.717, 1.165) is 23.1 Å². The number of aliphatic hydroxyl groups excluding tert-OH is 1. The number of allylic oxidation sites excluding steroid dienone is 2. The Balaban J connectivity index is 0.000000380. The zero-order chi connectivity index (χ0) is 31.7. The number of ketones is 1.